The van der Waals surface area contributed by atoms with Gasteiger partial charge in [-0.05, 0) is 36.6 Å². The van der Waals surface area contributed by atoms with Crippen LogP contribution >= 0.6 is 0 Å². The smallest absolute Gasteiger partial charge is 0.272 e. The maximum absolute atomic E-state index is 12.7. The molecular weight excluding hydrogens is 332 g/mol. The molecule has 1 aromatic heterocycles. The molecule has 7 heteroatoms. The van der Waals surface area contributed by atoms with Crippen molar-refractivity contribution < 1.29 is 14.3 Å². The van der Waals surface area contributed by atoms with Gasteiger partial charge in [-0.3, -0.25) is 4.79 Å². The van der Waals surface area contributed by atoms with Crippen LogP contribution in [0.3, 0.4) is 0 Å². The molecule has 3 heterocycles. The van der Waals surface area contributed by atoms with Crippen LogP contribution in [0.4, 0.5) is 5.95 Å². The quantitative estimate of drug-likeness (QED) is 0.910. The Kier molecular flexibility index (Phi) is 4.86. The van der Waals surface area contributed by atoms with Crippen molar-refractivity contribution in [3.8, 4) is 11.5 Å². The molecule has 26 heavy (non-hydrogen) atoms. The van der Waals surface area contributed by atoms with Gasteiger partial charge < -0.3 is 19.7 Å². The van der Waals surface area contributed by atoms with Gasteiger partial charge >= 0.3 is 0 Å². The molecule has 1 N–H and O–H groups in total. The highest BCUT2D eigenvalue weighted by Gasteiger charge is 2.19. The molecule has 0 atom stereocenters. The molecule has 0 unspecified atom stereocenters. The lowest BCUT2D eigenvalue weighted by molar-refractivity contribution is 0.0755. The minimum absolute atomic E-state index is 0.0135. The van der Waals surface area contributed by atoms with Crippen LogP contribution in [0, 0.1) is 0 Å². The number of ether oxygens (including phenoxy) is 2. The standard InChI is InChI=1S/C19H22N4O3/c24-18(23-9-3-1-2-4-10-23)15-7-8-20-19(22-15)21-12-14-5-6-16-17(11-14)26-13-25-16/h5-8,11H,1-4,9-10,12-13H2,(H,20,21,22). The van der Waals surface area contributed by atoms with E-state index in [1.807, 2.05) is 23.1 Å². The molecule has 2 aliphatic rings. The lowest BCUT2D eigenvalue weighted by atomic mass is 10.2. The van der Waals surface area contributed by atoms with Crippen LogP contribution in [0.5, 0.6) is 11.5 Å². The van der Waals surface area contributed by atoms with Crippen molar-refractivity contribution >= 4 is 11.9 Å². The van der Waals surface area contributed by atoms with Crippen molar-refractivity contribution in [1.82, 2.24) is 14.9 Å². The van der Waals surface area contributed by atoms with E-state index in [0.717, 1.165) is 43.0 Å². The van der Waals surface area contributed by atoms with Gasteiger partial charge in [0.1, 0.15) is 5.69 Å². The van der Waals surface area contributed by atoms with Gasteiger partial charge in [-0.15, -0.1) is 0 Å². The fourth-order valence-corrected chi connectivity index (χ4v) is 3.23. The molecule has 2 aromatic rings. The van der Waals surface area contributed by atoms with E-state index in [2.05, 4.69) is 15.3 Å². The van der Waals surface area contributed by atoms with E-state index in [-0.39, 0.29) is 12.7 Å². The highest BCUT2D eigenvalue weighted by atomic mass is 16.7. The first kappa shape index (κ1) is 16.6. The van der Waals surface area contributed by atoms with Crippen molar-refractivity contribution in [2.75, 3.05) is 25.2 Å². The zero-order valence-electron chi connectivity index (χ0n) is 14.6. The summed E-state index contributed by atoms with van der Waals surface area (Å²) in [5.74, 6) is 1.94. The lowest BCUT2D eigenvalue weighted by Crippen LogP contribution is -2.32. The SMILES string of the molecule is O=C(c1ccnc(NCc2ccc3c(c2)OCO3)n1)N1CCCCCC1. The van der Waals surface area contributed by atoms with Crippen LogP contribution in [0.15, 0.2) is 30.5 Å². The Bertz CT molecular complexity index is 788. The number of nitrogens with one attached hydrogen (secondary N) is 1. The van der Waals surface area contributed by atoms with Crippen molar-refractivity contribution in [2.45, 2.75) is 32.2 Å². The summed E-state index contributed by atoms with van der Waals surface area (Å²) in [5, 5.41) is 3.17. The Hall–Kier alpha value is -2.83. The number of hydrogen-bond acceptors (Lipinski definition) is 6. The van der Waals surface area contributed by atoms with Gasteiger partial charge in [0.15, 0.2) is 11.5 Å². The topological polar surface area (TPSA) is 76.6 Å². The van der Waals surface area contributed by atoms with Gasteiger partial charge in [0.25, 0.3) is 5.91 Å². The average Bonchev–Trinajstić information content (AvgIpc) is 2.98. The van der Waals surface area contributed by atoms with Crippen LogP contribution in [0.25, 0.3) is 0 Å². The fourth-order valence-electron chi connectivity index (χ4n) is 3.23. The number of fused-ring (bicyclic) bond motifs is 1. The summed E-state index contributed by atoms with van der Waals surface area (Å²) in [4.78, 5) is 23.2. The summed E-state index contributed by atoms with van der Waals surface area (Å²) in [6.45, 7) is 2.42. The van der Waals surface area contributed by atoms with Gasteiger partial charge in [-0.25, -0.2) is 9.97 Å². The molecule has 1 amide bonds. The lowest BCUT2D eigenvalue weighted by Gasteiger charge is -2.19. The maximum atomic E-state index is 12.7. The molecule has 1 fully saturated rings. The van der Waals surface area contributed by atoms with Crippen molar-refractivity contribution in [1.29, 1.82) is 0 Å². The molecule has 0 bridgehead atoms. The van der Waals surface area contributed by atoms with Crippen LogP contribution < -0.4 is 14.8 Å². The van der Waals surface area contributed by atoms with Gasteiger partial charge in [0.2, 0.25) is 12.7 Å². The van der Waals surface area contributed by atoms with Gasteiger partial charge in [0.05, 0.1) is 0 Å². The number of likely N-dealkylation sites (tertiary alicyclic amines) is 1. The Morgan fingerprint density at radius 3 is 2.73 bits per heavy atom. The van der Waals surface area contributed by atoms with Crippen molar-refractivity contribution in [3.63, 3.8) is 0 Å². The minimum atomic E-state index is -0.0135. The summed E-state index contributed by atoms with van der Waals surface area (Å²) in [5.41, 5.74) is 1.47. The van der Waals surface area contributed by atoms with Gasteiger partial charge in [-0.1, -0.05) is 18.9 Å². The Morgan fingerprint density at radius 1 is 1.08 bits per heavy atom. The third kappa shape index (κ3) is 3.71. The number of amides is 1. The number of aromatic nitrogens is 2. The maximum Gasteiger partial charge on any atom is 0.272 e. The van der Waals surface area contributed by atoms with E-state index in [4.69, 9.17) is 9.47 Å². The van der Waals surface area contributed by atoms with E-state index >= 15 is 0 Å². The highest BCUT2D eigenvalue weighted by molar-refractivity contribution is 5.92. The number of nitrogens with zero attached hydrogens (tertiary/aromatic N) is 3. The number of hydrogen-bond donors (Lipinski definition) is 1. The summed E-state index contributed by atoms with van der Waals surface area (Å²) < 4.78 is 10.7. The van der Waals surface area contributed by atoms with Crippen LogP contribution in [-0.4, -0.2) is 40.7 Å². The Balaban J connectivity index is 1.41. The third-order valence-electron chi connectivity index (χ3n) is 4.66. The minimum Gasteiger partial charge on any atom is -0.454 e. The van der Waals surface area contributed by atoms with E-state index < -0.39 is 0 Å². The van der Waals surface area contributed by atoms with Crippen LogP contribution in [0.2, 0.25) is 0 Å². The summed E-state index contributed by atoms with van der Waals surface area (Å²) in [6, 6.07) is 7.47. The molecule has 0 aliphatic carbocycles. The molecule has 136 valence electrons. The molecule has 1 saturated heterocycles. The molecule has 0 saturated carbocycles. The van der Waals surface area contributed by atoms with E-state index in [0.29, 0.717) is 18.2 Å². The van der Waals surface area contributed by atoms with E-state index in [9.17, 15) is 4.79 Å². The van der Waals surface area contributed by atoms with Crippen LogP contribution in [0.1, 0.15) is 41.7 Å². The zero-order valence-corrected chi connectivity index (χ0v) is 14.6. The molecule has 7 nitrogen and oxygen atoms in total. The summed E-state index contributed by atoms with van der Waals surface area (Å²) in [6.07, 6.45) is 6.13. The van der Waals surface area contributed by atoms with Gasteiger partial charge in [0, 0.05) is 25.8 Å². The predicted molar refractivity (Wildman–Crippen MR) is 96.3 cm³/mol. The van der Waals surface area contributed by atoms with Crippen molar-refractivity contribution in [2.24, 2.45) is 0 Å². The molecular formula is C19H22N4O3. The number of carbonyl (C=O) groups excluding carboxylic acids is 1. The first-order valence-electron chi connectivity index (χ1n) is 9.04. The molecule has 4 rings (SSSR count). The monoisotopic (exact) mass is 354 g/mol. The van der Waals surface area contributed by atoms with Gasteiger partial charge in [-0.2, -0.15) is 0 Å². The number of benzene rings is 1. The first-order chi connectivity index (χ1) is 12.8. The van der Waals surface area contributed by atoms with E-state index in [1.165, 1.54) is 12.8 Å². The first-order valence-corrected chi connectivity index (χ1v) is 9.04. The largest absolute Gasteiger partial charge is 0.454 e. The molecule has 0 radical (unpaired) electrons. The number of carbonyl (C=O) groups is 1. The normalized spacial score (nSPS) is 16.2. The average molecular weight is 354 g/mol. The summed E-state index contributed by atoms with van der Waals surface area (Å²) >= 11 is 0. The molecule has 2 aliphatic heterocycles. The Labute approximate surface area is 152 Å². The summed E-state index contributed by atoms with van der Waals surface area (Å²) in [7, 11) is 0. The number of anilines is 1. The van der Waals surface area contributed by atoms with Crippen molar-refractivity contribution in [3.05, 3.63) is 41.7 Å². The Morgan fingerprint density at radius 2 is 1.88 bits per heavy atom. The molecule has 1 aromatic carbocycles. The molecule has 0 spiro atoms. The second-order valence-corrected chi connectivity index (χ2v) is 6.51. The van der Waals surface area contributed by atoms with Crippen LogP contribution in [-0.2, 0) is 6.54 Å². The highest BCUT2D eigenvalue weighted by Crippen LogP contribution is 2.32. The number of rotatable bonds is 4. The zero-order chi connectivity index (χ0) is 17.8. The predicted octanol–water partition coefficient (Wildman–Crippen LogP) is 2.83. The third-order valence-corrected chi connectivity index (χ3v) is 4.66. The second kappa shape index (κ2) is 7.59. The second-order valence-electron chi connectivity index (χ2n) is 6.51. The van der Waals surface area contributed by atoms with E-state index in [1.54, 1.807) is 12.3 Å². The fraction of sp³-hybridized carbons (Fsp3) is 0.421.